The number of hydrogen-bond acceptors (Lipinski definition) is 3. The lowest BCUT2D eigenvalue weighted by Crippen LogP contribution is -1.68. The van der Waals surface area contributed by atoms with Gasteiger partial charge in [0.1, 0.15) is 0 Å². The van der Waals surface area contributed by atoms with Crippen LogP contribution in [0.2, 0.25) is 0 Å². The number of aryl methyl sites for hydroxylation is 1. The summed E-state index contributed by atoms with van der Waals surface area (Å²) in [5.41, 5.74) is 0. The summed E-state index contributed by atoms with van der Waals surface area (Å²) in [5.74, 6) is 0.933. The number of aromatic nitrogens is 2. The van der Waals surface area contributed by atoms with E-state index in [2.05, 4.69) is 17.1 Å². The van der Waals surface area contributed by atoms with E-state index in [0.29, 0.717) is 11.8 Å². The average molecular weight is 97.1 g/mol. The maximum atomic E-state index is 4.75. The Morgan fingerprint density at radius 3 is 2.43 bits per heavy atom. The van der Waals surface area contributed by atoms with Crippen molar-refractivity contribution in [3.8, 4) is 0 Å². The van der Waals surface area contributed by atoms with Crippen LogP contribution in [0.4, 0.5) is 0 Å². The predicted molar refractivity (Wildman–Crippen MR) is 23.5 cm³/mol. The van der Waals surface area contributed by atoms with Gasteiger partial charge in [-0.2, -0.15) is 0 Å². The van der Waals surface area contributed by atoms with E-state index in [1.165, 1.54) is 0 Å². The monoisotopic (exact) mass is 97.0 g/mol. The third-order valence-electron chi connectivity index (χ3n) is 0.568. The van der Waals surface area contributed by atoms with E-state index in [4.69, 9.17) is 4.42 Å². The Hall–Kier alpha value is -0.860. The van der Waals surface area contributed by atoms with Crippen LogP contribution in [0.3, 0.4) is 0 Å². The van der Waals surface area contributed by atoms with Crippen molar-refractivity contribution < 1.29 is 4.42 Å². The van der Waals surface area contributed by atoms with Crippen molar-refractivity contribution in [2.75, 3.05) is 0 Å². The first kappa shape index (κ1) is 4.30. The molecule has 7 heavy (non-hydrogen) atoms. The number of rotatable bonds is 0. The molecule has 3 heteroatoms. The van der Waals surface area contributed by atoms with Crippen LogP contribution in [-0.4, -0.2) is 10.2 Å². The van der Waals surface area contributed by atoms with E-state index in [-0.39, 0.29) is 0 Å². The lowest BCUT2D eigenvalue weighted by atomic mass is 10.8. The normalized spacial score (nSPS) is 9.43. The Labute approximate surface area is 41.4 Å². The summed E-state index contributed by atoms with van der Waals surface area (Å²) in [4.78, 5) is 0. The molecule has 0 atom stereocenters. The first-order chi connectivity index (χ1) is 3.29. The summed E-state index contributed by atoms with van der Waals surface area (Å²) in [6.07, 6.45) is 0. The second-order valence-electron chi connectivity index (χ2n) is 1.21. The summed E-state index contributed by atoms with van der Waals surface area (Å²) < 4.78 is 4.75. The van der Waals surface area contributed by atoms with Gasteiger partial charge in [0, 0.05) is 13.8 Å². The molecule has 0 aliphatic heterocycles. The second-order valence-corrected chi connectivity index (χ2v) is 1.21. The van der Waals surface area contributed by atoms with Crippen LogP contribution >= 0.6 is 0 Å². The van der Waals surface area contributed by atoms with E-state index in [9.17, 15) is 0 Å². The molecule has 1 radical (unpaired) electrons. The van der Waals surface area contributed by atoms with E-state index < -0.39 is 0 Å². The van der Waals surface area contributed by atoms with Gasteiger partial charge in [-0.05, 0) is 0 Å². The standard InChI is InChI=1S/C4H5N2O/c1-3-5-6-4(2)7-3/h1H2,2H3. The molecular formula is C4H5N2O. The fourth-order valence-corrected chi connectivity index (χ4v) is 0.338. The molecule has 0 aliphatic carbocycles. The molecule has 0 saturated carbocycles. The molecular weight excluding hydrogens is 92.1 g/mol. The van der Waals surface area contributed by atoms with Gasteiger partial charge in [-0.1, -0.05) is 0 Å². The molecule has 1 heterocycles. The smallest absolute Gasteiger partial charge is 0.217 e. The highest BCUT2D eigenvalue weighted by Gasteiger charge is 1.89. The zero-order valence-electron chi connectivity index (χ0n) is 4.01. The third kappa shape index (κ3) is 0.765. The van der Waals surface area contributed by atoms with Crippen molar-refractivity contribution in [3.63, 3.8) is 0 Å². The molecule has 0 aliphatic rings. The molecule has 1 rings (SSSR count). The molecule has 1 aromatic rings. The van der Waals surface area contributed by atoms with Crippen LogP contribution in [0.5, 0.6) is 0 Å². The van der Waals surface area contributed by atoms with Crippen LogP contribution in [-0.2, 0) is 0 Å². The summed E-state index contributed by atoms with van der Waals surface area (Å²) in [6, 6.07) is 0. The minimum Gasteiger partial charge on any atom is -0.426 e. The Morgan fingerprint density at radius 2 is 2.29 bits per heavy atom. The molecule has 0 N–H and O–H groups in total. The lowest BCUT2D eigenvalue weighted by molar-refractivity contribution is 0.502. The van der Waals surface area contributed by atoms with Crippen LogP contribution in [0.1, 0.15) is 11.8 Å². The molecule has 3 nitrogen and oxygen atoms in total. The summed E-state index contributed by atoms with van der Waals surface area (Å²) in [7, 11) is 0. The van der Waals surface area contributed by atoms with Crippen molar-refractivity contribution >= 4 is 0 Å². The van der Waals surface area contributed by atoms with Gasteiger partial charge in [0.2, 0.25) is 11.8 Å². The van der Waals surface area contributed by atoms with Crippen LogP contribution in [0.15, 0.2) is 4.42 Å². The van der Waals surface area contributed by atoms with Crippen LogP contribution in [0.25, 0.3) is 0 Å². The van der Waals surface area contributed by atoms with Crippen LogP contribution in [0, 0.1) is 13.8 Å². The van der Waals surface area contributed by atoms with Gasteiger partial charge in [-0.3, -0.25) is 0 Å². The third-order valence-corrected chi connectivity index (χ3v) is 0.568. The quantitative estimate of drug-likeness (QED) is 0.474. The van der Waals surface area contributed by atoms with Crippen LogP contribution < -0.4 is 0 Å². The van der Waals surface area contributed by atoms with E-state index in [1.807, 2.05) is 0 Å². The molecule has 0 unspecified atom stereocenters. The minimum atomic E-state index is 0.373. The molecule has 0 bridgehead atoms. The summed E-state index contributed by atoms with van der Waals surface area (Å²) >= 11 is 0. The highest BCUT2D eigenvalue weighted by atomic mass is 16.4. The maximum absolute atomic E-state index is 4.75. The highest BCUT2D eigenvalue weighted by molar-refractivity contribution is 4.80. The van der Waals surface area contributed by atoms with Gasteiger partial charge >= 0.3 is 0 Å². The van der Waals surface area contributed by atoms with Gasteiger partial charge in [-0.15, -0.1) is 10.2 Å². The predicted octanol–water partition coefficient (Wildman–Crippen LogP) is 0.560. The summed E-state index contributed by atoms with van der Waals surface area (Å²) in [6.45, 7) is 5.12. The molecule has 0 saturated heterocycles. The second kappa shape index (κ2) is 1.33. The SMILES string of the molecule is [CH2]c1nnc(C)o1. The highest BCUT2D eigenvalue weighted by Crippen LogP contribution is 1.92. The van der Waals surface area contributed by atoms with Gasteiger partial charge in [0.15, 0.2) is 0 Å². The molecule has 1 aromatic heterocycles. The molecule has 0 amide bonds. The Kier molecular flexibility index (Phi) is 0.817. The van der Waals surface area contributed by atoms with E-state index in [1.54, 1.807) is 6.92 Å². The van der Waals surface area contributed by atoms with Gasteiger partial charge in [-0.25, -0.2) is 0 Å². The average Bonchev–Trinajstić information content (AvgIpc) is 1.87. The van der Waals surface area contributed by atoms with Crippen molar-refractivity contribution in [2.24, 2.45) is 0 Å². The molecule has 0 fully saturated rings. The van der Waals surface area contributed by atoms with Gasteiger partial charge in [0.05, 0.1) is 0 Å². The topological polar surface area (TPSA) is 38.9 Å². The first-order valence-electron chi connectivity index (χ1n) is 1.91. The Bertz CT molecular complexity index is 142. The molecule has 0 spiro atoms. The van der Waals surface area contributed by atoms with Crippen molar-refractivity contribution in [1.82, 2.24) is 10.2 Å². The molecule has 0 aromatic carbocycles. The Balaban J connectivity index is 3.04. The first-order valence-corrected chi connectivity index (χ1v) is 1.91. The Morgan fingerprint density at radius 1 is 1.57 bits per heavy atom. The van der Waals surface area contributed by atoms with E-state index in [0.717, 1.165) is 0 Å². The fraction of sp³-hybridized carbons (Fsp3) is 0.250. The fourth-order valence-electron chi connectivity index (χ4n) is 0.338. The van der Waals surface area contributed by atoms with E-state index >= 15 is 0 Å². The van der Waals surface area contributed by atoms with Crippen molar-refractivity contribution in [3.05, 3.63) is 18.7 Å². The summed E-state index contributed by atoms with van der Waals surface area (Å²) in [5, 5.41) is 7.03. The van der Waals surface area contributed by atoms with Gasteiger partial charge in [0.25, 0.3) is 0 Å². The molecule has 37 valence electrons. The minimum absolute atomic E-state index is 0.373. The maximum Gasteiger partial charge on any atom is 0.217 e. The number of hydrogen-bond donors (Lipinski definition) is 0. The van der Waals surface area contributed by atoms with Crippen molar-refractivity contribution in [1.29, 1.82) is 0 Å². The number of nitrogens with zero attached hydrogens (tertiary/aromatic N) is 2. The van der Waals surface area contributed by atoms with Gasteiger partial charge < -0.3 is 4.42 Å². The zero-order valence-corrected chi connectivity index (χ0v) is 4.01. The van der Waals surface area contributed by atoms with Crippen molar-refractivity contribution in [2.45, 2.75) is 6.92 Å². The largest absolute Gasteiger partial charge is 0.426 e. The lowest BCUT2D eigenvalue weighted by Gasteiger charge is -1.69. The zero-order chi connectivity index (χ0) is 5.28.